The van der Waals surface area contributed by atoms with Crippen LogP contribution in [0.3, 0.4) is 0 Å². The molecular formula is C8H18N4O2. The number of nitrogens with one attached hydrogen (secondary N) is 2. The zero-order chi connectivity index (χ0) is 11.1. The van der Waals surface area contributed by atoms with Gasteiger partial charge >= 0.3 is 6.03 Å². The van der Waals surface area contributed by atoms with Gasteiger partial charge in [-0.2, -0.15) is 0 Å². The summed E-state index contributed by atoms with van der Waals surface area (Å²) in [7, 11) is 3.30. The molecule has 0 heterocycles. The van der Waals surface area contributed by atoms with E-state index in [4.69, 9.17) is 5.73 Å². The average molecular weight is 202 g/mol. The molecule has 6 heteroatoms. The number of amides is 3. The van der Waals surface area contributed by atoms with Gasteiger partial charge in [0.05, 0.1) is 6.04 Å². The minimum atomic E-state index is -0.514. The van der Waals surface area contributed by atoms with E-state index >= 15 is 0 Å². The van der Waals surface area contributed by atoms with Gasteiger partial charge < -0.3 is 21.3 Å². The standard InChI is InChI=1S/C8H18N4O2/c1-6(9)7(13)10-4-5-11-8(14)12(2)3/h6H,4-5,9H2,1-3H3,(H,10,13)(H,11,14)/t6-/m1/s1. The summed E-state index contributed by atoms with van der Waals surface area (Å²) in [6, 6.07) is -0.695. The fraction of sp³-hybridized carbons (Fsp3) is 0.750. The van der Waals surface area contributed by atoms with Crippen LogP contribution in [0.15, 0.2) is 0 Å². The Balaban J connectivity index is 3.48. The van der Waals surface area contributed by atoms with Crippen LogP contribution in [-0.2, 0) is 4.79 Å². The van der Waals surface area contributed by atoms with Crippen molar-refractivity contribution >= 4 is 11.9 Å². The minimum Gasteiger partial charge on any atom is -0.353 e. The predicted octanol–water partition coefficient (Wildman–Crippen LogP) is -1.28. The number of hydrogen-bond donors (Lipinski definition) is 3. The lowest BCUT2D eigenvalue weighted by molar-refractivity contribution is -0.121. The fourth-order valence-electron chi connectivity index (χ4n) is 0.674. The quantitative estimate of drug-likeness (QED) is 0.496. The highest BCUT2D eigenvalue weighted by molar-refractivity contribution is 5.81. The number of carbonyl (C=O) groups is 2. The molecule has 0 aliphatic heterocycles. The Morgan fingerprint density at radius 2 is 1.79 bits per heavy atom. The molecule has 0 spiro atoms. The molecule has 0 aliphatic rings. The highest BCUT2D eigenvalue weighted by Crippen LogP contribution is 1.76. The predicted molar refractivity (Wildman–Crippen MR) is 53.7 cm³/mol. The molecule has 4 N–H and O–H groups in total. The molecule has 6 nitrogen and oxygen atoms in total. The molecule has 0 radical (unpaired) electrons. The Hall–Kier alpha value is -1.30. The van der Waals surface area contributed by atoms with E-state index in [1.54, 1.807) is 21.0 Å². The Labute approximate surface area is 83.8 Å². The molecule has 0 unspecified atom stereocenters. The van der Waals surface area contributed by atoms with Gasteiger partial charge in [0, 0.05) is 27.2 Å². The van der Waals surface area contributed by atoms with Crippen LogP contribution < -0.4 is 16.4 Å². The van der Waals surface area contributed by atoms with Crippen molar-refractivity contribution in [2.45, 2.75) is 13.0 Å². The maximum atomic E-state index is 11.0. The van der Waals surface area contributed by atoms with Crippen molar-refractivity contribution < 1.29 is 9.59 Å². The lowest BCUT2D eigenvalue weighted by Crippen LogP contribution is -2.43. The lowest BCUT2D eigenvalue weighted by atomic mass is 10.3. The number of rotatable bonds is 4. The van der Waals surface area contributed by atoms with Gasteiger partial charge in [0.1, 0.15) is 0 Å². The number of hydrogen-bond acceptors (Lipinski definition) is 3. The Morgan fingerprint density at radius 3 is 2.21 bits per heavy atom. The summed E-state index contributed by atoms with van der Waals surface area (Å²) in [4.78, 5) is 23.4. The normalized spacial score (nSPS) is 11.7. The first-order valence-corrected chi connectivity index (χ1v) is 4.43. The molecule has 14 heavy (non-hydrogen) atoms. The third kappa shape index (κ3) is 5.36. The molecule has 0 bridgehead atoms. The topological polar surface area (TPSA) is 87.5 Å². The van der Waals surface area contributed by atoms with E-state index in [2.05, 4.69) is 10.6 Å². The third-order valence-electron chi connectivity index (χ3n) is 1.52. The summed E-state index contributed by atoms with van der Waals surface area (Å²) in [6.45, 7) is 2.39. The molecular weight excluding hydrogens is 184 g/mol. The number of nitrogens with zero attached hydrogens (tertiary/aromatic N) is 1. The van der Waals surface area contributed by atoms with Crippen molar-refractivity contribution in [3.05, 3.63) is 0 Å². The van der Waals surface area contributed by atoms with Crippen LogP contribution in [0.25, 0.3) is 0 Å². The van der Waals surface area contributed by atoms with Crippen LogP contribution in [-0.4, -0.2) is 50.1 Å². The zero-order valence-electron chi connectivity index (χ0n) is 8.83. The molecule has 0 aromatic carbocycles. The highest BCUT2D eigenvalue weighted by Gasteiger charge is 2.06. The van der Waals surface area contributed by atoms with Crippen LogP contribution >= 0.6 is 0 Å². The SMILES string of the molecule is C[C@@H](N)C(=O)NCCNC(=O)N(C)C. The van der Waals surface area contributed by atoms with Gasteiger partial charge in [-0.3, -0.25) is 4.79 Å². The highest BCUT2D eigenvalue weighted by atomic mass is 16.2. The molecule has 0 saturated heterocycles. The van der Waals surface area contributed by atoms with Gasteiger partial charge in [0.15, 0.2) is 0 Å². The largest absolute Gasteiger partial charge is 0.353 e. The minimum absolute atomic E-state index is 0.181. The number of carbonyl (C=O) groups excluding carboxylic acids is 2. The molecule has 0 aliphatic carbocycles. The second-order valence-electron chi connectivity index (χ2n) is 3.21. The summed E-state index contributed by atoms with van der Waals surface area (Å²) in [5.41, 5.74) is 5.32. The Morgan fingerprint density at radius 1 is 1.29 bits per heavy atom. The molecule has 3 amide bonds. The van der Waals surface area contributed by atoms with E-state index in [1.165, 1.54) is 4.90 Å². The summed E-state index contributed by atoms with van der Waals surface area (Å²) in [5.74, 6) is -0.218. The summed E-state index contributed by atoms with van der Waals surface area (Å²) < 4.78 is 0. The van der Waals surface area contributed by atoms with Crippen molar-refractivity contribution in [3.63, 3.8) is 0 Å². The van der Waals surface area contributed by atoms with E-state index in [0.717, 1.165) is 0 Å². The molecule has 0 fully saturated rings. The van der Waals surface area contributed by atoms with E-state index < -0.39 is 6.04 Å². The number of nitrogens with two attached hydrogens (primary N) is 1. The van der Waals surface area contributed by atoms with E-state index in [0.29, 0.717) is 13.1 Å². The Bertz CT molecular complexity index is 182. The van der Waals surface area contributed by atoms with Crippen molar-refractivity contribution in [2.24, 2.45) is 5.73 Å². The fourth-order valence-corrected chi connectivity index (χ4v) is 0.674. The molecule has 0 saturated carbocycles. The van der Waals surface area contributed by atoms with Crippen molar-refractivity contribution in [1.29, 1.82) is 0 Å². The van der Waals surface area contributed by atoms with Gasteiger partial charge in [-0.15, -0.1) is 0 Å². The van der Waals surface area contributed by atoms with Gasteiger partial charge in [0.25, 0.3) is 0 Å². The van der Waals surface area contributed by atoms with Crippen molar-refractivity contribution in [1.82, 2.24) is 15.5 Å². The average Bonchev–Trinajstić information content (AvgIpc) is 2.11. The third-order valence-corrected chi connectivity index (χ3v) is 1.52. The van der Waals surface area contributed by atoms with E-state index in [-0.39, 0.29) is 11.9 Å². The van der Waals surface area contributed by atoms with Gasteiger partial charge in [-0.25, -0.2) is 4.79 Å². The van der Waals surface area contributed by atoms with Crippen LogP contribution in [0.2, 0.25) is 0 Å². The molecule has 0 aromatic rings. The Kier molecular flexibility index (Phi) is 5.62. The van der Waals surface area contributed by atoms with Crippen LogP contribution in [0.1, 0.15) is 6.92 Å². The molecule has 0 aromatic heterocycles. The maximum absolute atomic E-state index is 11.0. The van der Waals surface area contributed by atoms with Gasteiger partial charge in [-0.1, -0.05) is 0 Å². The summed E-state index contributed by atoms with van der Waals surface area (Å²) >= 11 is 0. The summed E-state index contributed by atoms with van der Waals surface area (Å²) in [6.07, 6.45) is 0. The van der Waals surface area contributed by atoms with Gasteiger partial charge in [0.2, 0.25) is 5.91 Å². The maximum Gasteiger partial charge on any atom is 0.316 e. The molecule has 1 atom stereocenters. The smallest absolute Gasteiger partial charge is 0.316 e. The first kappa shape index (κ1) is 12.7. The second-order valence-corrected chi connectivity index (χ2v) is 3.21. The van der Waals surface area contributed by atoms with Crippen LogP contribution in [0.5, 0.6) is 0 Å². The van der Waals surface area contributed by atoms with E-state index in [1.807, 2.05) is 0 Å². The summed E-state index contributed by atoms with van der Waals surface area (Å²) in [5, 5.41) is 5.19. The van der Waals surface area contributed by atoms with Crippen molar-refractivity contribution in [2.75, 3.05) is 27.2 Å². The molecule has 0 rings (SSSR count). The number of urea groups is 1. The second kappa shape index (κ2) is 6.20. The van der Waals surface area contributed by atoms with Crippen molar-refractivity contribution in [3.8, 4) is 0 Å². The van der Waals surface area contributed by atoms with Crippen LogP contribution in [0.4, 0.5) is 4.79 Å². The van der Waals surface area contributed by atoms with Crippen LogP contribution in [0, 0.1) is 0 Å². The van der Waals surface area contributed by atoms with E-state index in [9.17, 15) is 9.59 Å². The van der Waals surface area contributed by atoms with Gasteiger partial charge in [-0.05, 0) is 6.92 Å². The lowest BCUT2D eigenvalue weighted by Gasteiger charge is -2.12. The first-order valence-electron chi connectivity index (χ1n) is 4.43. The first-order chi connectivity index (χ1) is 6.45. The monoisotopic (exact) mass is 202 g/mol. The molecule has 82 valence electrons. The zero-order valence-corrected chi connectivity index (χ0v) is 8.83.